The van der Waals surface area contributed by atoms with Crippen molar-refractivity contribution < 1.29 is 9.53 Å². The van der Waals surface area contributed by atoms with Gasteiger partial charge in [0.1, 0.15) is 0 Å². The molecule has 0 unspecified atom stereocenters. The normalized spacial score (nSPS) is 32.7. The molecule has 0 aromatic rings. The van der Waals surface area contributed by atoms with Crippen molar-refractivity contribution in [2.45, 2.75) is 40.0 Å². The van der Waals surface area contributed by atoms with Gasteiger partial charge in [0.15, 0.2) is 0 Å². The first-order valence-electron chi connectivity index (χ1n) is 6.09. The Morgan fingerprint density at radius 2 is 1.94 bits per heavy atom. The first-order valence-corrected chi connectivity index (χ1v) is 6.09. The predicted molar refractivity (Wildman–Crippen MR) is 66.0 cm³/mol. The van der Waals surface area contributed by atoms with Gasteiger partial charge in [-0.05, 0) is 37.0 Å². The van der Waals surface area contributed by atoms with Crippen LogP contribution in [0.25, 0.3) is 0 Å². The molecule has 16 heavy (non-hydrogen) atoms. The molecule has 0 aromatic carbocycles. The molecule has 1 aliphatic rings. The first-order chi connectivity index (χ1) is 7.59. The van der Waals surface area contributed by atoms with Gasteiger partial charge in [-0.3, -0.25) is 0 Å². The molecule has 0 heterocycles. The van der Waals surface area contributed by atoms with Crippen molar-refractivity contribution >= 4 is 5.97 Å². The van der Waals surface area contributed by atoms with E-state index in [0.717, 1.165) is 19.3 Å². The van der Waals surface area contributed by atoms with E-state index >= 15 is 0 Å². The monoisotopic (exact) mass is 222 g/mol. The highest BCUT2D eigenvalue weighted by Crippen LogP contribution is 2.69. The Balaban J connectivity index is 2.72. The molecule has 1 saturated carbocycles. The minimum atomic E-state index is -0.240. The molecule has 0 aliphatic heterocycles. The number of hydrogen-bond donors (Lipinski definition) is 0. The zero-order valence-corrected chi connectivity index (χ0v) is 10.6. The Kier molecular flexibility index (Phi) is 3.95. The molecule has 0 spiro atoms. The molecule has 0 bridgehead atoms. The maximum absolute atomic E-state index is 11.3. The van der Waals surface area contributed by atoms with Crippen LogP contribution in [0.3, 0.4) is 0 Å². The van der Waals surface area contributed by atoms with Crippen LogP contribution in [0.15, 0.2) is 24.8 Å². The topological polar surface area (TPSA) is 26.3 Å². The highest BCUT2D eigenvalue weighted by Gasteiger charge is 2.61. The van der Waals surface area contributed by atoms with Crippen LogP contribution in [-0.2, 0) is 9.53 Å². The lowest BCUT2D eigenvalue weighted by Crippen LogP contribution is -2.09. The summed E-state index contributed by atoms with van der Waals surface area (Å²) in [6, 6.07) is 0. The van der Waals surface area contributed by atoms with E-state index in [4.69, 9.17) is 4.74 Å². The van der Waals surface area contributed by atoms with E-state index in [0.29, 0.717) is 6.61 Å². The Labute approximate surface area is 98.4 Å². The molecule has 2 heteroatoms. The summed E-state index contributed by atoms with van der Waals surface area (Å²) in [4.78, 5) is 11.3. The summed E-state index contributed by atoms with van der Waals surface area (Å²) in [5.74, 6) is -0.240. The molecule has 0 radical (unpaired) electrons. The van der Waals surface area contributed by atoms with Crippen molar-refractivity contribution in [2.75, 3.05) is 6.61 Å². The number of carbonyl (C=O) groups is 1. The number of esters is 1. The van der Waals surface area contributed by atoms with Crippen LogP contribution in [-0.4, -0.2) is 12.6 Å². The van der Waals surface area contributed by atoms with E-state index in [1.165, 1.54) is 0 Å². The van der Waals surface area contributed by atoms with Crippen molar-refractivity contribution in [3.63, 3.8) is 0 Å². The SMILES string of the molecule is C=C[C@@]1(CC)C[C@@]1(/C=C/C(=O)OCC)CC. The summed E-state index contributed by atoms with van der Waals surface area (Å²) in [5.41, 5.74) is 0.334. The Morgan fingerprint density at radius 1 is 1.31 bits per heavy atom. The second-order valence-corrected chi connectivity index (χ2v) is 4.49. The molecule has 90 valence electrons. The van der Waals surface area contributed by atoms with Crippen molar-refractivity contribution in [2.24, 2.45) is 10.8 Å². The van der Waals surface area contributed by atoms with E-state index in [-0.39, 0.29) is 16.8 Å². The minimum absolute atomic E-state index is 0.135. The van der Waals surface area contributed by atoms with Gasteiger partial charge in [-0.2, -0.15) is 0 Å². The highest BCUT2D eigenvalue weighted by atomic mass is 16.5. The smallest absolute Gasteiger partial charge is 0.330 e. The Hall–Kier alpha value is -1.05. The van der Waals surface area contributed by atoms with Crippen molar-refractivity contribution in [3.8, 4) is 0 Å². The Bertz CT molecular complexity index is 306. The second kappa shape index (κ2) is 4.86. The number of rotatable bonds is 6. The fraction of sp³-hybridized carbons (Fsp3) is 0.643. The molecule has 0 N–H and O–H groups in total. The maximum Gasteiger partial charge on any atom is 0.330 e. The fourth-order valence-electron chi connectivity index (χ4n) is 2.65. The standard InChI is InChI=1S/C14H22O2/c1-5-13(6-2)11-14(13,7-3)10-9-12(15)16-8-4/h5,9-10H,1,6-8,11H2,2-4H3/b10-9+/t13-,14+/m1/s1. The van der Waals surface area contributed by atoms with Crippen LogP contribution in [0.1, 0.15) is 40.0 Å². The predicted octanol–water partition coefficient (Wildman–Crippen LogP) is 3.49. The summed E-state index contributed by atoms with van der Waals surface area (Å²) in [6.07, 6.45) is 8.88. The van der Waals surface area contributed by atoms with E-state index < -0.39 is 0 Å². The van der Waals surface area contributed by atoms with Crippen LogP contribution in [0, 0.1) is 10.8 Å². The van der Waals surface area contributed by atoms with Gasteiger partial charge in [0.25, 0.3) is 0 Å². The zero-order valence-electron chi connectivity index (χ0n) is 10.6. The largest absolute Gasteiger partial charge is 0.463 e. The van der Waals surface area contributed by atoms with Gasteiger partial charge in [-0.25, -0.2) is 4.79 Å². The molecule has 1 fully saturated rings. The van der Waals surface area contributed by atoms with Crippen LogP contribution >= 0.6 is 0 Å². The summed E-state index contributed by atoms with van der Waals surface area (Å²) in [6.45, 7) is 10.5. The van der Waals surface area contributed by atoms with E-state index in [2.05, 4.69) is 20.4 Å². The quantitative estimate of drug-likeness (QED) is 0.390. The molecule has 1 rings (SSSR count). The third-order valence-electron chi connectivity index (χ3n) is 3.98. The molecular weight excluding hydrogens is 200 g/mol. The van der Waals surface area contributed by atoms with Gasteiger partial charge in [-0.1, -0.05) is 26.0 Å². The lowest BCUT2D eigenvalue weighted by molar-refractivity contribution is -0.137. The molecule has 0 aromatic heterocycles. The summed E-state index contributed by atoms with van der Waals surface area (Å²) < 4.78 is 4.89. The Morgan fingerprint density at radius 3 is 2.31 bits per heavy atom. The summed E-state index contributed by atoms with van der Waals surface area (Å²) in [5, 5.41) is 0. The van der Waals surface area contributed by atoms with Gasteiger partial charge >= 0.3 is 5.97 Å². The number of carbonyl (C=O) groups excluding carboxylic acids is 1. The average molecular weight is 222 g/mol. The average Bonchev–Trinajstić information content (AvgIpc) is 2.97. The molecule has 0 amide bonds. The van der Waals surface area contributed by atoms with Crippen LogP contribution < -0.4 is 0 Å². The number of allylic oxidation sites excluding steroid dienone is 2. The van der Waals surface area contributed by atoms with Gasteiger partial charge in [0.2, 0.25) is 0 Å². The third kappa shape index (κ3) is 2.06. The molecular formula is C14H22O2. The third-order valence-corrected chi connectivity index (χ3v) is 3.98. The lowest BCUT2D eigenvalue weighted by Gasteiger charge is -2.17. The number of hydrogen-bond acceptors (Lipinski definition) is 2. The van der Waals surface area contributed by atoms with Crippen LogP contribution in [0.2, 0.25) is 0 Å². The lowest BCUT2D eigenvalue weighted by atomic mass is 9.88. The van der Waals surface area contributed by atoms with Gasteiger partial charge < -0.3 is 4.74 Å². The van der Waals surface area contributed by atoms with Crippen molar-refractivity contribution in [1.29, 1.82) is 0 Å². The molecule has 2 nitrogen and oxygen atoms in total. The second-order valence-electron chi connectivity index (χ2n) is 4.49. The van der Waals surface area contributed by atoms with E-state index in [1.807, 2.05) is 19.1 Å². The van der Waals surface area contributed by atoms with Gasteiger partial charge in [-0.15, -0.1) is 6.58 Å². The fourth-order valence-corrected chi connectivity index (χ4v) is 2.65. The van der Waals surface area contributed by atoms with Crippen molar-refractivity contribution in [3.05, 3.63) is 24.8 Å². The molecule has 2 atom stereocenters. The van der Waals surface area contributed by atoms with E-state index in [9.17, 15) is 4.79 Å². The van der Waals surface area contributed by atoms with Gasteiger partial charge in [0, 0.05) is 6.08 Å². The molecule has 0 saturated heterocycles. The van der Waals surface area contributed by atoms with Crippen LogP contribution in [0.5, 0.6) is 0 Å². The first kappa shape index (κ1) is 13.0. The minimum Gasteiger partial charge on any atom is -0.463 e. The van der Waals surface area contributed by atoms with Crippen molar-refractivity contribution in [1.82, 2.24) is 0 Å². The van der Waals surface area contributed by atoms with E-state index in [1.54, 1.807) is 6.08 Å². The maximum atomic E-state index is 11.3. The molecule has 1 aliphatic carbocycles. The number of ether oxygens (including phenoxy) is 1. The zero-order chi connectivity index (χ0) is 12.2. The summed E-state index contributed by atoms with van der Waals surface area (Å²) in [7, 11) is 0. The highest BCUT2D eigenvalue weighted by molar-refractivity contribution is 5.82. The van der Waals surface area contributed by atoms with Crippen LogP contribution in [0.4, 0.5) is 0 Å². The van der Waals surface area contributed by atoms with Gasteiger partial charge in [0.05, 0.1) is 6.61 Å². The summed E-state index contributed by atoms with van der Waals surface area (Å²) >= 11 is 0.